The molecule has 4 nitrogen and oxygen atoms in total. The van der Waals surface area contributed by atoms with Gasteiger partial charge < -0.3 is 5.32 Å². The molecule has 1 aromatic carbocycles. The van der Waals surface area contributed by atoms with E-state index in [-0.39, 0.29) is 5.78 Å². The topological polar surface area (TPSA) is 65.2 Å². The summed E-state index contributed by atoms with van der Waals surface area (Å²) in [6.07, 6.45) is 6.62. The predicted molar refractivity (Wildman–Crippen MR) is 183 cm³/mol. The fraction of sp³-hybridized carbons (Fsp3) is 0.639. The van der Waals surface area contributed by atoms with E-state index in [9.17, 15) is 4.79 Å². The van der Waals surface area contributed by atoms with Gasteiger partial charge in [0.05, 0.1) is 11.4 Å². The molecule has 1 N–H and O–H groups in total. The number of aryl methyl sites for hydroxylation is 2. The number of allylic oxidation sites excluding steroid dienone is 3. The highest BCUT2D eigenvalue weighted by Gasteiger charge is 2.05. The number of unbranched alkanes of at least 4 members (excludes halogenated alkanes) is 1. The molecule has 0 unspecified atom stereocenters. The Bertz CT molecular complexity index is 850. The Morgan fingerprint density at radius 3 is 1.82 bits per heavy atom. The number of nitriles is 1. The number of hydrogen-bond donors (Lipinski definition) is 1. The Morgan fingerprint density at radius 2 is 1.48 bits per heavy atom. The molecule has 0 saturated carbocycles. The number of aliphatic imine (C=N–C) groups is 1. The molecule has 0 saturated heterocycles. The normalized spacial score (nSPS) is 10.3. The first-order valence-corrected chi connectivity index (χ1v) is 15.5. The standard InChI is InChI=1S/C12H19N3.C12H16O.C6H14.3C2H6/c1-5-7-8-14-11(4)15-10(3)12(6-2)9-13;1-4-5-12(13)11-7-6-9(2)10(3)8-11;1-5-6(2,3)4;3*1-2/h6H,2,5,7-8H2,1,3-4H3,(H,14,15);6-8H,4-5H2,1-3H3;5H2,1-4H3;3*1-2H3/b12-10+;;;;;. The van der Waals surface area contributed by atoms with Crippen molar-refractivity contribution in [1.29, 1.82) is 5.26 Å². The monoisotopic (exact) mass is 558 g/mol. The summed E-state index contributed by atoms with van der Waals surface area (Å²) in [5.41, 5.74) is 5.19. The van der Waals surface area contributed by atoms with Gasteiger partial charge >= 0.3 is 0 Å². The van der Waals surface area contributed by atoms with E-state index in [0.29, 0.717) is 17.4 Å². The van der Waals surface area contributed by atoms with Crippen LogP contribution in [0.3, 0.4) is 0 Å². The molecule has 0 aliphatic heterocycles. The Balaban J connectivity index is -0.000000148. The van der Waals surface area contributed by atoms with Gasteiger partial charge in [-0.05, 0) is 69.2 Å². The molecule has 0 bridgehead atoms. The Hall–Kier alpha value is -2.67. The summed E-state index contributed by atoms with van der Waals surface area (Å²) in [4.78, 5) is 15.8. The third-order valence-electron chi connectivity index (χ3n) is 5.32. The first-order chi connectivity index (χ1) is 18.9. The average Bonchev–Trinajstić information content (AvgIpc) is 2.95. The summed E-state index contributed by atoms with van der Waals surface area (Å²) >= 11 is 0. The summed E-state index contributed by atoms with van der Waals surface area (Å²) in [6, 6.07) is 7.98. The van der Waals surface area contributed by atoms with E-state index in [2.05, 4.69) is 64.5 Å². The lowest BCUT2D eigenvalue weighted by atomic mass is 9.94. The quantitative estimate of drug-likeness (QED) is 0.0863. The number of benzene rings is 1. The molecule has 4 heteroatoms. The lowest BCUT2D eigenvalue weighted by Crippen LogP contribution is -2.19. The van der Waals surface area contributed by atoms with Crippen LogP contribution in [0.5, 0.6) is 0 Å². The first-order valence-electron chi connectivity index (χ1n) is 15.5. The number of ketones is 1. The smallest absolute Gasteiger partial charge is 0.162 e. The fourth-order valence-corrected chi connectivity index (χ4v) is 2.35. The minimum atomic E-state index is 0.255. The highest BCUT2D eigenvalue weighted by molar-refractivity contribution is 5.96. The van der Waals surface area contributed by atoms with Crippen LogP contribution in [-0.4, -0.2) is 18.2 Å². The van der Waals surface area contributed by atoms with E-state index in [4.69, 9.17) is 5.26 Å². The molecular weight excluding hydrogens is 490 g/mol. The van der Waals surface area contributed by atoms with Crippen LogP contribution in [0.25, 0.3) is 0 Å². The number of amidine groups is 1. The Morgan fingerprint density at radius 1 is 0.975 bits per heavy atom. The summed E-state index contributed by atoms with van der Waals surface area (Å²) in [5, 5.41) is 11.8. The van der Waals surface area contributed by atoms with E-state index < -0.39 is 0 Å². The third-order valence-corrected chi connectivity index (χ3v) is 5.32. The molecule has 0 amide bonds. The van der Waals surface area contributed by atoms with Gasteiger partial charge in [-0.15, -0.1) is 0 Å². The minimum Gasteiger partial charge on any atom is -0.347 e. The van der Waals surface area contributed by atoms with Crippen molar-refractivity contribution >= 4 is 11.6 Å². The first kappa shape index (κ1) is 47.1. The molecule has 0 radical (unpaired) electrons. The van der Waals surface area contributed by atoms with Crippen molar-refractivity contribution in [3.63, 3.8) is 0 Å². The van der Waals surface area contributed by atoms with Gasteiger partial charge in [-0.3, -0.25) is 9.79 Å². The summed E-state index contributed by atoms with van der Waals surface area (Å²) in [6.45, 7) is 37.4. The van der Waals surface area contributed by atoms with Gasteiger partial charge in [0, 0.05) is 24.2 Å². The molecule has 0 heterocycles. The van der Waals surface area contributed by atoms with Crippen molar-refractivity contribution in [2.45, 2.75) is 143 Å². The van der Waals surface area contributed by atoms with Gasteiger partial charge in [-0.25, -0.2) is 0 Å². The average molecular weight is 558 g/mol. The molecular formula is C36H67N3O. The minimum absolute atomic E-state index is 0.255. The van der Waals surface area contributed by atoms with E-state index >= 15 is 0 Å². The van der Waals surface area contributed by atoms with Gasteiger partial charge in [0.15, 0.2) is 5.78 Å². The molecule has 1 aromatic rings. The number of carbonyl (C=O) groups excluding carboxylic acids is 1. The highest BCUT2D eigenvalue weighted by Crippen LogP contribution is 2.16. The van der Waals surface area contributed by atoms with Gasteiger partial charge in [-0.2, -0.15) is 5.26 Å². The van der Waals surface area contributed by atoms with Crippen LogP contribution >= 0.6 is 0 Å². The van der Waals surface area contributed by atoms with Crippen LogP contribution in [0.2, 0.25) is 0 Å². The molecule has 0 aromatic heterocycles. The molecule has 0 aliphatic carbocycles. The maximum atomic E-state index is 11.5. The second-order valence-corrected chi connectivity index (χ2v) is 9.69. The van der Waals surface area contributed by atoms with Crippen LogP contribution in [0.4, 0.5) is 0 Å². The molecule has 1 rings (SSSR count). The highest BCUT2D eigenvalue weighted by atomic mass is 16.1. The number of rotatable bonds is 8. The maximum absolute atomic E-state index is 11.5. The van der Waals surface area contributed by atoms with Gasteiger partial charge in [0.1, 0.15) is 6.07 Å². The van der Waals surface area contributed by atoms with Crippen LogP contribution < -0.4 is 5.32 Å². The molecule has 0 aliphatic rings. The van der Waals surface area contributed by atoms with Crippen molar-refractivity contribution in [3.8, 4) is 6.07 Å². The number of hydrogen-bond acceptors (Lipinski definition) is 3. The molecule has 40 heavy (non-hydrogen) atoms. The van der Waals surface area contributed by atoms with Crippen molar-refractivity contribution in [3.05, 3.63) is 58.8 Å². The van der Waals surface area contributed by atoms with Gasteiger partial charge in [0.2, 0.25) is 0 Å². The zero-order chi connectivity index (χ0) is 32.7. The number of Topliss-reactive ketones (excluding diaryl/α,β-unsaturated/α-hetero) is 1. The summed E-state index contributed by atoms with van der Waals surface area (Å²) in [7, 11) is 0. The molecule has 0 atom stereocenters. The lowest BCUT2D eigenvalue weighted by Gasteiger charge is -2.12. The van der Waals surface area contributed by atoms with Crippen molar-refractivity contribution in [2.24, 2.45) is 10.4 Å². The number of nitrogens with one attached hydrogen (secondary N) is 1. The van der Waals surface area contributed by atoms with Crippen LogP contribution in [0, 0.1) is 30.6 Å². The number of carbonyl (C=O) groups is 1. The van der Waals surface area contributed by atoms with Crippen LogP contribution in [0.1, 0.15) is 151 Å². The fourth-order valence-electron chi connectivity index (χ4n) is 2.35. The Kier molecular flexibility index (Phi) is 38.3. The summed E-state index contributed by atoms with van der Waals surface area (Å²) < 4.78 is 0. The van der Waals surface area contributed by atoms with Crippen molar-refractivity contribution in [2.75, 3.05) is 6.54 Å². The zero-order valence-electron chi connectivity index (χ0n) is 29.6. The Labute approximate surface area is 251 Å². The lowest BCUT2D eigenvalue weighted by molar-refractivity contribution is 0.0981. The third kappa shape index (κ3) is 29.9. The van der Waals surface area contributed by atoms with Gasteiger partial charge in [0.25, 0.3) is 0 Å². The van der Waals surface area contributed by atoms with E-state index in [1.807, 2.05) is 87.4 Å². The van der Waals surface area contributed by atoms with Crippen LogP contribution in [0.15, 0.2) is 47.1 Å². The maximum Gasteiger partial charge on any atom is 0.162 e. The van der Waals surface area contributed by atoms with E-state index in [0.717, 1.165) is 42.9 Å². The molecule has 232 valence electrons. The second kappa shape index (κ2) is 32.5. The van der Waals surface area contributed by atoms with E-state index in [1.165, 1.54) is 17.5 Å². The predicted octanol–water partition coefficient (Wildman–Crippen LogP) is 11.6. The molecule has 0 spiro atoms. The number of nitrogens with zero attached hydrogens (tertiary/aromatic N) is 2. The van der Waals surface area contributed by atoms with Crippen LogP contribution in [-0.2, 0) is 0 Å². The zero-order valence-corrected chi connectivity index (χ0v) is 29.6. The van der Waals surface area contributed by atoms with Crippen molar-refractivity contribution in [1.82, 2.24) is 5.32 Å². The largest absolute Gasteiger partial charge is 0.347 e. The SMILES string of the molecule is C=C/C(C#N)=C(/C)NC(C)=NCCCC.CC.CC.CC.CCC(C)(C)C.CCCC(=O)c1ccc(C)c(C)c1. The van der Waals surface area contributed by atoms with E-state index in [1.54, 1.807) is 6.08 Å². The second-order valence-electron chi connectivity index (χ2n) is 9.69. The van der Waals surface area contributed by atoms with Crippen molar-refractivity contribution < 1.29 is 4.79 Å². The molecule has 0 fully saturated rings. The summed E-state index contributed by atoms with van der Waals surface area (Å²) in [5.74, 6) is 1.10. The van der Waals surface area contributed by atoms with Gasteiger partial charge in [-0.1, -0.05) is 115 Å².